The number of piperidine rings is 1. The van der Waals surface area contributed by atoms with Gasteiger partial charge in [0.1, 0.15) is 0 Å². The summed E-state index contributed by atoms with van der Waals surface area (Å²) < 4.78 is 0. The molecule has 0 aromatic heterocycles. The highest BCUT2D eigenvalue weighted by molar-refractivity contribution is 7.98. The third-order valence-corrected chi connectivity index (χ3v) is 4.73. The van der Waals surface area contributed by atoms with Crippen molar-refractivity contribution in [3.63, 3.8) is 0 Å². The average molecular weight is 302 g/mol. The van der Waals surface area contributed by atoms with E-state index in [0.29, 0.717) is 0 Å². The fraction of sp³-hybridized carbons (Fsp3) is 0.933. The maximum atomic E-state index is 11.7. The molecule has 118 valence electrons. The molecule has 1 aliphatic heterocycles. The summed E-state index contributed by atoms with van der Waals surface area (Å²) in [6.45, 7) is 5.49. The maximum absolute atomic E-state index is 11.7. The van der Waals surface area contributed by atoms with Crippen molar-refractivity contribution in [2.24, 2.45) is 5.73 Å². The summed E-state index contributed by atoms with van der Waals surface area (Å²) in [5, 5.41) is 2.95. The van der Waals surface area contributed by atoms with Gasteiger partial charge in [-0.05, 0) is 64.1 Å². The van der Waals surface area contributed by atoms with Gasteiger partial charge in [-0.1, -0.05) is 6.42 Å². The maximum Gasteiger partial charge on any atom is 0.236 e. The molecule has 1 rings (SSSR count). The fourth-order valence-corrected chi connectivity index (χ4v) is 3.14. The minimum atomic E-state index is -0.343. The van der Waals surface area contributed by atoms with Gasteiger partial charge in [-0.25, -0.2) is 0 Å². The van der Waals surface area contributed by atoms with Crippen LogP contribution >= 0.6 is 11.8 Å². The Balaban J connectivity index is 2.02. The number of nitrogens with one attached hydrogen (secondary N) is 1. The first kappa shape index (κ1) is 17.8. The van der Waals surface area contributed by atoms with Crippen LogP contribution in [0.3, 0.4) is 0 Å². The van der Waals surface area contributed by atoms with Crippen LogP contribution in [0.2, 0.25) is 0 Å². The summed E-state index contributed by atoms with van der Waals surface area (Å²) in [7, 11) is 0. The van der Waals surface area contributed by atoms with Crippen molar-refractivity contribution < 1.29 is 4.79 Å². The lowest BCUT2D eigenvalue weighted by Gasteiger charge is -2.33. The molecule has 2 atom stereocenters. The minimum absolute atomic E-state index is 0.00499. The zero-order chi connectivity index (χ0) is 14.8. The van der Waals surface area contributed by atoms with Crippen molar-refractivity contribution >= 4 is 17.7 Å². The van der Waals surface area contributed by atoms with Gasteiger partial charge < -0.3 is 16.0 Å². The molecule has 1 heterocycles. The first-order valence-electron chi connectivity index (χ1n) is 7.91. The third kappa shape index (κ3) is 6.95. The number of hydrogen-bond acceptors (Lipinski definition) is 4. The van der Waals surface area contributed by atoms with Gasteiger partial charge in [0.05, 0.1) is 6.04 Å². The number of carbonyl (C=O) groups excluding carboxylic acids is 1. The number of amides is 1. The Bertz CT molecular complexity index is 276. The fourth-order valence-electron chi connectivity index (χ4n) is 2.65. The van der Waals surface area contributed by atoms with Gasteiger partial charge in [0.25, 0.3) is 0 Å². The number of nitrogens with zero attached hydrogens (tertiary/aromatic N) is 1. The molecule has 1 amide bonds. The molecule has 0 aromatic carbocycles. The molecule has 3 N–H and O–H groups in total. The molecule has 5 heteroatoms. The number of rotatable bonds is 9. The lowest BCUT2D eigenvalue weighted by atomic mass is 10.0. The first-order chi connectivity index (χ1) is 9.65. The van der Waals surface area contributed by atoms with E-state index in [2.05, 4.69) is 17.1 Å². The normalized spacial score (nSPS) is 21.6. The van der Waals surface area contributed by atoms with Crippen LogP contribution < -0.4 is 11.1 Å². The molecule has 1 saturated heterocycles. The van der Waals surface area contributed by atoms with Crippen molar-refractivity contribution in [2.75, 3.05) is 31.6 Å². The number of carbonyl (C=O) groups is 1. The predicted octanol–water partition coefficient (Wildman–Crippen LogP) is 1.84. The molecule has 0 saturated carbocycles. The van der Waals surface area contributed by atoms with Crippen LogP contribution in [-0.2, 0) is 4.79 Å². The van der Waals surface area contributed by atoms with Crippen molar-refractivity contribution in [1.29, 1.82) is 0 Å². The highest BCUT2D eigenvalue weighted by atomic mass is 32.2. The van der Waals surface area contributed by atoms with Crippen molar-refractivity contribution in [2.45, 2.75) is 57.5 Å². The third-order valence-electron chi connectivity index (χ3n) is 4.08. The number of thioether (sulfide) groups is 1. The molecular formula is C15H31N3OS. The number of unbranched alkanes of at least 4 members (excludes halogenated alkanes) is 1. The standard InChI is InChI=1S/C15H31N3OS/c1-13-7-3-5-10-18(13)11-6-4-9-17-15(19)14(16)8-12-20-2/h13-14H,3-12,16H2,1-2H3,(H,17,19)/t13?,14-/m0/s1. The van der Waals surface area contributed by atoms with Gasteiger partial charge in [0.2, 0.25) is 5.91 Å². The monoisotopic (exact) mass is 301 g/mol. The lowest BCUT2D eigenvalue weighted by molar-refractivity contribution is -0.122. The summed E-state index contributed by atoms with van der Waals surface area (Å²) in [4.78, 5) is 14.3. The van der Waals surface area contributed by atoms with Gasteiger partial charge in [0, 0.05) is 12.6 Å². The first-order valence-corrected chi connectivity index (χ1v) is 9.30. The Kier molecular flexibility index (Phi) is 9.31. The summed E-state index contributed by atoms with van der Waals surface area (Å²) in [6, 6.07) is 0.392. The molecular weight excluding hydrogens is 270 g/mol. The van der Waals surface area contributed by atoms with Crippen LogP contribution in [0, 0.1) is 0 Å². The van der Waals surface area contributed by atoms with E-state index in [1.165, 1.54) is 25.8 Å². The van der Waals surface area contributed by atoms with E-state index in [1.807, 2.05) is 6.26 Å². The second-order valence-electron chi connectivity index (χ2n) is 5.77. The highest BCUT2D eigenvalue weighted by Gasteiger charge is 2.17. The van der Waals surface area contributed by atoms with Gasteiger partial charge in [0.15, 0.2) is 0 Å². The molecule has 0 bridgehead atoms. The molecule has 4 nitrogen and oxygen atoms in total. The van der Waals surface area contributed by atoms with Gasteiger partial charge in [-0.2, -0.15) is 11.8 Å². The van der Waals surface area contributed by atoms with E-state index in [0.717, 1.165) is 44.1 Å². The Morgan fingerprint density at radius 2 is 2.25 bits per heavy atom. The predicted molar refractivity (Wildman–Crippen MR) is 88.1 cm³/mol. The molecule has 1 aliphatic rings. The molecule has 1 unspecified atom stereocenters. The summed E-state index contributed by atoms with van der Waals surface area (Å²) in [5.74, 6) is 0.951. The Morgan fingerprint density at radius 3 is 2.95 bits per heavy atom. The molecule has 0 aromatic rings. The van der Waals surface area contributed by atoms with Crippen molar-refractivity contribution in [1.82, 2.24) is 10.2 Å². The van der Waals surface area contributed by atoms with E-state index in [-0.39, 0.29) is 11.9 Å². The van der Waals surface area contributed by atoms with Gasteiger partial charge >= 0.3 is 0 Å². The quantitative estimate of drug-likeness (QED) is 0.638. The smallest absolute Gasteiger partial charge is 0.236 e. The Hall–Kier alpha value is -0.260. The van der Waals surface area contributed by atoms with Gasteiger partial charge in [-0.3, -0.25) is 4.79 Å². The lowest BCUT2D eigenvalue weighted by Crippen LogP contribution is -2.41. The Labute approximate surface area is 128 Å². The summed E-state index contributed by atoms with van der Waals surface area (Å²) in [5.41, 5.74) is 5.82. The second-order valence-corrected chi connectivity index (χ2v) is 6.75. The second kappa shape index (κ2) is 10.5. The number of hydrogen-bond donors (Lipinski definition) is 2. The highest BCUT2D eigenvalue weighted by Crippen LogP contribution is 2.16. The van der Waals surface area contributed by atoms with E-state index in [1.54, 1.807) is 11.8 Å². The zero-order valence-electron chi connectivity index (χ0n) is 13.1. The van der Waals surface area contributed by atoms with Crippen LogP contribution in [-0.4, -0.2) is 54.5 Å². The molecule has 0 radical (unpaired) electrons. The van der Waals surface area contributed by atoms with Gasteiger partial charge in [-0.15, -0.1) is 0 Å². The molecule has 0 aliphatic carbocycles. The SMILES string of the molecule is CSCC[C@H](N)C(=O)NCCCCN1CCCCC1C. The average Bonchev–Trinajstić information content (AvgIpc) is 2.46. The van der Waals surface area contributed by atoms with Crippen molar-refractivity contribution in [3.8, 4) is 0 Å². The van der Waals surface area contributed by atoms with Crippen LogP contribution in [0.15, 0.2) is 0 Å². The van der Waals surface area contributed by atoms with Crippen LogP contribution in [0.25, 0.3) is 0 Å². The Morgan fingerprint density at radius 1 is 1.45 bits per heavy atom. The zero-order valence-corrected chi connectivity index (χ0v) is 13.9. The van der Waals surface area contributed by atoms with E-state index < -0.39 is 0 Å². The topological polar surface area (TPSA) is 58.4 Å². The molecule has 0 spiro atoms. The minimum Gasteiger partial charge on any atom is -0.355 e. The van der Waals surface area contributed by atoms with Crippen LogP contribution in [0.4, 0.5) is 0 Å². The summed E-state index contributed by atoms with van der Waals surface area (Å²) in [6.07, 6.45) is 9.05. The molecule has 1 fully saturated rings. The largest absolute Gasteiger partial charge is 0.355 e. The van der Waals surface area contributed by atoms with Crippen LogP contribution in [0.1, 0.15) is 45.4 Å². The van der Waals surface area contributed by atoms with Crippen LogP contribution in [0.5, 0.6) is 0 Å². The van der Waals surface area contributed by atoms with Crippen molar-refractivity contribution in [3.05, 3.63) is 0 Å². The van der Waals surface area contributed by atoms with E-state index >= 15 is 0 Å². The molecule has 20 heavy (non-hydrogen) atoms. The number of nitrogens with two attached hydrogens (primary N) is 1. The summed E-state index contributed by atoms with van der Waals surface area (Å²) >= 11 is 1.73. The number of likely N-dealkylation sites (tertiary alicyclic amines) is 1. The van der Waals surface area contributed by atoms with E-state index in [9.17, 15) is 4.79 Å². The van der Waals surface area contributed by atoms with E-state index in [4.69, 9.17) is 5.73 Å².